The van der Waals surface area contributed by atoms with Crippen molar-refractivity contribution < 1.29 is 22.4 Å². The van der Waals surface area contributed by atoms with Crippen LogP contribution in [-0.2, 0) is 17.4 Å². The van der Waals surface area contributed by atoms with Gasteiger partial charge in [0.15, 0.2) is 0 Å². The maximum absolute atomic E-state index is 13.0. The Labute approximate surface area is 102 Å². The monoisotopic (exact) mass is 260 g/mol. The molecule has 0 spiro atoms. The molecule has 1 saturated carbocycles. The molecule has 0 radical (unpaired) electrons. The lowest BCUT2D eigenvalue weighted by atomic mass is 10.0. The van der Waals surface area contributed by atoms with Gasteiger partial charge in [0.25, 0.3) is 0 Å². The lowest BCUT2D eigenvalue weighted by Crippen LogP contribution is -2.09. The van der Waals surface area contributed by atoms with Crippen molar-refractivity contribution in [1.82, 2.24) is 0 Å². The highest BCUT2D eigenvalue weighted by atomic mass is 19.4. The van der Waals surface area contributed by atoms with Crippen LogP contribution in [0.5, 0.6) is 0 Å². The van der Waals surface area contributed by atoms with Crippen LogP contribution in [0.25, 0.3) is 0 Å². The van der Waals surface area contributed by atoms with Gasteiger partial charge in [-0.05, 0) is 37.0 Å². The molecule has 2 rings (SSSR count). The normalized spacial score (nSPS) is 15.8. The minimum Gasteiger partial charge on any atom is -0.299 e. The Morgan fingerprint density at radius 1 is 1.28 bits per heavy atom. The van der Waals surface area contributed by atoms with E-state index in [0.29, 0.717) is 5.56 Å². The van der Waals surface area contributed by atoms with Gasteiger partial charge < -0.3 is 0 Å². The number of hydrogen-bond acceptors (Lipinski definition) is 1. The largest absolute Gasteiger partial charge is 0.419 e. The maximum Gasteiger partial charge on any atom is 0.419 e. The van der Waals surface area contributed by atoms with Gasteiger partial charge in [0.05, 0.1) is 5.56 Å². The summed E-state index contributed by atoms with van der Waals surface area (Å²) in [7, 11) is 0. The number of hydrogen-bond donors (Lipinski definition) is 0. The molecule has 1 aromatic rings. The third-order valence-electron chi connectivity index (χ3n) is 3.03. The lowest BCUT2D eigenvalue weighted by Gasteiger charge is -2.09. The van der Waals surface area contributed by atoms with E-state index in [9.17, 15) is 22.4 Å². The van der Waals surface area contributed by atoms with Crippen LogP contribution in [0.1, 0.15) is 30.4 Å². The Bertz CT molecular complexity index is 461. The average Bonchev–Trinajstić information content (AvgIpc) is 3.09. The zero-order valence-corrected chi connectivity index (χ0v) is 9.56. The molecule has 0 aromatic heterocycles. The molecule has 0 bridgehead atoms. The number of alkyl halides is 3. The van der Waals surface area contributed by atoms with Crippen molar-refractivity contribution in [2.45, 2.75) is 31.9 Å². The number of halogens is 4. The summed E-state index contributed by atoms with van der Waals surface area (Å²) in [5.74, 6) is -1.08. The predicted octanol–water partition coefficient (Wildman–Crippen LogP) is 3.76. The fraction of sp³-hybridized carbons (Fsp3) is 0.462. The number of aryl methyl sites for hydroxylation is 1. The minimum absolute atomic E-state index is 0.0906. The summed E-state index contributed by atoms with van der Waals surface area (Å²) in [6, 6.07) is 2.89. The molecule has 0 atom stereocenters. The fourth-order valence-corrected chi connectivity index (χ4v) is 1.82. The van der Waals surface area contributed by atoms with Gasteiger partial charge in [0.2, 0.25) is 0 Å². The molecule has 18 heavy (non-hydrogen) atoms. The highest BCUT2D eigenvalue weighted by Crippen LogP contribution is 2.33. The van der Waals surface area contributed by atoms with Crippen molar-refractivity contribution in [2.24, 2.45) is 5.92 Å². The van der Waals surface area contributed by atoms with Gasteiger partial charge in [-0.15, -0.1) is 0 Å². The van der Waals surface area contributed by atoms with E-state index in [2.05, 4.69) is 0 Å². The Kier molecular flexibility index (Phi) is 3.41. The van der Waals surface area contributed by atoms with E-state index in [0.717, 1.165) is 25.0 Å². The van der Waals surface area contributed by atoms with Gasteiger partial charge in [0, 0.05) is 12.3 Å². The van der Waals surface area contributed by atoms with Crippen molar-refractivity contribution in [3.05, 3.63) is 35.1 Å². The van der Waals surface area contributed by atoms with Crippen molar-refractivity contribution in [3.8, 4) is 0 Å². The highest BCUT2D eigenvalue weighted by Gasteiger charge is 2.34. The van der Waals surface area contributed by atoms with Crippen LogP contribution in [0, 0.1) is 11.7 Å². The summed E-state index contributed by atoms with van der Waals surface area (Å²) in [6.07, 6.45) is -2.46. The van der Waals surface area contributed by atoms with E-state index in [4.69, 9.17) is 0 Å². The summed E-state index contributed by atoms with van der Waals surface area (Å²) in [5.41, 5.74) is -0.920. The number of Topliss-reactive ketones (excluding diaryl/α,β-unsaturated/α-hetero) is 1. The standard InChI is InChI=1S/C13H12F4O/c14-11-5-1-8(7-10(11)13(15,16)17)2-6-12(18)9-3-4-9/h1,5,7,9H,2-4,6H2. The van der Waals surface area contributed by atoms with Crippen LogP contribution < -0.4 is 0 Å². The van der Waals surface area contributed by atoms with Crippen molar-refractivity contribution in [3.63, 3.8) is 0 Å². The molecule has 0 amide bonds. The Morgan fingerprint density at radius 2 is 1.94 bits per heavy atom. The lowest BCUT2D eigenvalue weighted by molar-refractivity contribution is -0.140. The zero-order chi connectivity index (χ0) is 13.3. The zero-order valence-electron chi connectivity index (χ0n) is 9.56. The third-order valence-corrected chi connectivity index (χ3v) is 3.03. The molecule has 1 aromatic carbocycles. The Balaban J connectivity index is 2.07. The quantitative estimate of drug-likeness (QED) is 0.753. The first-order chi connectivity index (χ1) is 8.38. The third kappa shape index (κ3) is 3.09. The molecule has 1 aliphatic carbocycles. The molecule has 0 N–H and O–H groups in total. The molecule has 0 heterocycles. The van der Waals surface area contributed by atoms with Crippen LogP contribution in [0.15, 0.2) is 18.2 Å². The molecule has 0 saturated heterocycles. The van der Waals surface area contributed by atoms with Gasteiger partial charge in [-0.1, -0.05) is 6.07 Å². The number of carbonyl (C=O) groups is 1. The first kappa shape index (κ1) is 13.1. The number of benzene rings is 1. The molecule has 1 aliphatic rings. The molecular formula is C13H12F4O. The van der Waals surface area contributed by atoms with Crippen molar-refractivity contribution in [2.75, 3.05) is 0 Å². The van der Waals surface area contributed by atoms with E-state index in [1.165, 1.54) is 6.07 Å². The number of ketones is 1. The summed E-state index contributed by atoms with van der Waals surface area (Å²) in [6.45, 7) is 0. The second kappa shape index (κ2) is 4.71. The summed E-state index contributed by atoms with van der Waals surface area (Å²) in [5, 5.41) is 0. The van der Waals surface area contributed by atoms with Crippen LogP contribution in [0.4, 0.5) is 17.6 Å². The second-order valence-electron chi connectivity index (χ2n) is 4.55. The topological polar surface area (TPSA) is 17.1 Å². The smallest absolute Gasteiger partial charge is 0.299 e. The molecule has 1 nitrogen and oxygen atoms in total. The SMILES string of the molecule is O=C(CCc1ccc(F)c(C(F)(F)F)c1)C1CC1. The van der Waals surface area contributed by atoms with Crippen LogP contribution in [0.2, 0.25) is 0 Å². The van der Waals surface area contributed by atoms with Crippen molar-refractivity contribution >= 4 is 5.78 Å². The van der Waals surface area contributed by atoms with E-state index in [-0.39, 0.29) is 24.5 Å². The molecule has 1 fully saturated rings. The van der Waals surface area contributed by atoms with Gasteiger partial charge >= 0.3 is 6.18 Å². The van der Waals surface area contributed by atoms with Gasteiger partial charge in [-0.25, -0.2) is 4.39 Å². The molecule has 0 aliphatic heterocycles. The first-order valence-electron chi connectivity index (χ1n) is 5.76. The molecule has 98 valence electrons. The summed E-state index contributed by atoms with van der Waals surface area (Å²) < 4.78 is 50.4. The fourth-order valence-electron chi connectivity index (χ4n) is 1.82. The van der Waals surface area contributed by atoms with Crippen LogP contribution >= 0.6 is 0 Å². The summed E-state index contributed by atoms with van der Waals surface area (Å²) in [4.78, 5) is 11.4. The second-order valence-corrected chi connectivity index (χ2v) is 4.55. The Morgan fingerprint density at radius 3 is 2.50 bits per heavy atom. The van der Waals surface area contributed by atoms with E-state index < -0.39 is 17.6 Å². The molecular weight excluding hydrogens is 248 g/mol. The average molecular weight is 260 g/mol. The van der Waals surface area contributed by atoms with E-state index in [1.54, 1.807) is 0 Å². The number of carbonyl (C=O) groups excluding carboxylic acids is 1. The highest BCUT2D eigenvalue weighted by molar-refractivity contribution is 5.83. The van der Waals surface area contributed by atoms with Gasteiger partial charge in [0.1, 0.15) is 11.6 Å². The van der Waals surface area contributed by atoms with E-state index >= 15 is 0 Å². The Hall–Kier alpha value is -1.39. The van der Waals surface area contributed by atoms with Crippen LogP contribution in [0.3, 0.4) is 0 Å². The van der Waals surface area contributed by atoms with Gasteiger partial charge in [-0.3, -0.25) is 4.79 Å². The van der Waals surface area contributed by atoms with Crippen molar-refractivity contribution in [1.29, 1.82) is 0 Å². The number of rotatable bonds is 4. The van der Waals surface area contributed by atoms with E-state index in [1.807, 2.05) is 0 Å². The predicted molar refractivity (Wildman–Crippen MR) is 57.5 cm³/mol. The van der Waals surface area contributed by atoms with Gasteiger partial charge in [-0.2, -0.15) is 13.2 Å². The molecule has 0 unspecified atom stereocenters. The van der Waals surface area contributed by atoms with Crippen LogP contribution in [-0.4, -0.2) is 5.78 Å². The maximum atomic E-state index is 13.0. The minimum atomic E-state index is -4.69. The summed E-state index contributed by atoms with van der Waals surface area (Å²) >= 11 is 0. The molecule has 5 heteroatoms. The first-order valence-corrected chi connectivity index (χ1v) is 5.76.